The molecular formula is C18H15N3O8S. The molecule has 30 heavy (non-hydrogen) atoms. The minimum Gasteiger partial charge on any atom is -0.497 e. The van der Waals surface area contributed by atoms with Crippen LogP contribution in [0.2, 0.25) is 0 Å². The van der Waals surface area contributed by atoms with Gasteiger partial charge < -0.3 is 30.6 Å². The third-order valence-electron chi connectivity index (χ3n) is 5.01. The lowest BCUT2D eigenvalue weighted by molar-refractivity contribution is -0.149. The number of anilines is 1. The van der Waals surface area contributed by atoms with Crippen molar-refractivity contribution in [3.8, 4) is 0 Å². The van der Waals surface area contributed by atoms with Gasteiger partial charge in [-0.25, -0.2) is 9.59 Å². The maximum Gasteiger partial charge on any atom is 0.394 e. The standard InChI is InChI=1S/C18H15N3O8S/c22-13-8(14(23)20-10-4-19-3-9(10)13)2-6-1-7-11(5-29-6)30-16(12(7)17(25)26)21-15(24)18(27)28/h1,3-4,7-8,11,19H,2,5H2,(H,20,23)(H,21,24)(H,25,26)(H,27,28). The van der Waals surface area contributed by atoms with Gasteiger partial charge in [0.05, 0.1) is 32.9 Å². The highest BCUT2D eigenvalue weighted by molar-refractivity contribution is 8.04. The summed E-state index contributed by atoms with van der Waals surface area (Å²) in [7, 11) is 0. The predicted molar refractivity (Wildman–Crippen MR) is 101 cm³/mol. The summed E-state index contributed by atoms with van der Waals surface area (Å²) in [5, 5.41) is 22.6. The Morgan fingerprint density at radius 1 is 1.23 bits per heavy atom. The summed E-state index contributed by atoms with van der Waals surface area (Å²) in [6.45, 7) is 0.0717. The number of aromatic nitrogens is 1. The Hall–Kier alpha value is -3.54. The number of amides is 2. The van der Waals surface area contributed by atoms with Gasteiger partial charge in [-0.05, 0) is 6.08 Å². The van der Waals surface area contributed by atoms with E-state index in [4.69, 9.17) is 9.84 Å². The molecule has 12 heteroatoms. The summed E-state index contributed by atoms with van der Waals surface area (Å²) >= 11 is 1.00. The van der Waals surface area contributed by atoms with Crippen LogP contribution in [0.15, 0.2) is 34.8 Å². The zero-order valence-electron chi connectivity index (χ0n) is 15.1. The number of Topliss-reactive ketones (excluding diaryl/α,β-unsaturated/α-hetero) is 1. The molecule has 4 rings (SSSR count). The van der Waals surface area contributed by atoms with Gasteiger partial charge in [0, 0.05) is 24.7 Å². The third kappa shape index (κ3) is 3.34. The van der Waals surface area contributed by atoms with Gasteiger partial charge in [0.25, 0.3) is 0 Å². The molecule has 3 atom stereocenters. The molecule has 1 aromatic heterocycles. The first kappa shape index (κ1) is 19.8. The number of ether oxygens (including phenoxy) is 1. The average molecular weight is 433 g/mol. The fraction of sp³-hybridized carbons (Fsp3) is 0.278. The normalized spacial score (nSPS) is 24.9. The Bertz CT molecular complexity index is 1060. The second kappa shape index (κ2) is 7.37. The number of fused-ring (bicyclic) bond motifs is 2. The van der Waals surface area contributed by atoms with Crippen molar-refractivity contribution >= 4 is 47.0 Å². The highest BCUT2D eigenvalue weighted by atomic mass is 32.2. The van der Waals surface area contributed by atoms with Crippen molar-refractivity contribution in [3.63, 3.8) is 0 Å². The molecule has 1 aromatic rings. The van der Waals surface area contributed by atoms with Crippen molar-refractivity contribution < 1.29 is 38.9 Å². The number of ketones is 1. The SMILES string of the molecule is O=C(O)C(=O)NC1=C(C(=O)O)C2C=C(CC3C(=O)Nc4c[nH]cc4C3=O)OCC2S1. The average Bonchev–Trinajstić information content (AvgIpc) is 3.28. The van der Waals surface area contributed by atoms with E-state index in [-0.39, 0.29) is 35.2 Å². The first-order valence-corrected chi connectivity index (χ1v) is 9.68. The van der Waals surface area contributed by atoms with Crippen molar-refractivity contribution in [1.82, 2.24) is 10.3 Å². The second-order valence-electron chi connectivity index (χ2n) is 6.83. The highest BCUT2D eigenvalue weighted by Crippen LogP contribution is 2.45. The zero-order valence-corrected chi connectivity index (χ0v) is 15.9. The van der Waals surface area contributed by atoms with Crippen LogP contribution in [0.5, 0.6) is 0 Å². The van der Waals surface area contributed by atoms with Crippen LogP contribution in [0, 0.1) is 11.8 Å². The molecule has 3 aliphatic rings. The van der Waals surface area contributed by atoms with Crippen molar-refractivity contribution in [2.75, 3.05) is 11.9 Å². The molecule has 0 aliphatic carbocycles. The largest absolute Gasteiger partial charge is 0.497 e. The van der Waals surface area contributed by atoms with Crippen LogP contribution in [-0.2, 0) is 23.9 Å². The van der Waals surface area contributed by atoms with Gasteiger partial charge in [-0.2, -0.15) is 0 Å². The number of allylic oxidation sites excluding steroid dienone is 2. The summed E-state index contributed by atoms with van der Waals surface area (Å²) in [5.74, 6) is -6.65. The van der Waals surface area contributed by atoms with Crippen LogP contribution < -0.4 is 10.6 Å². The number of carbonyl (C=O) groups is 5. The number of carboxylic acids is 2. The Kier molecular flexibility index (Phi) is 4.86. The molecule has 0 spiro atoms. The quantitative estimate of drug-likeness (QED) is 0.330. The van der Waals surface area contributed by atoms with Crippen LogP contribution in [0.25, 0.3) is 0 Å². The van der Waals surface area contributed by atoms with Crippen molar-refractivity contribution in [2.24, 2.45) is 11.8 Å². The van der Waals surface area contributed by atoms with Crippen LogP contribution in [-0.4, -0.2) is 56.6 Å². The Labute approximate surface area is 172 Å². The second-order valence-corrected chi connectivity index (χ2v) is 8.08. The molecule has 156 valence electrons. The molecule has 3 aliphatic heterocycles. The monoisotopic (exact) mass is 433 g/mol. The van der Waals surface area contributed by atoms with E-state index in [1.165, 1.54) is 18.5 Å². The molecule has 0 radical (unpaired) electrons. The molecule has 3 unspecified atom stereocenters. The Balaban J connectivity index is 1.58. The number of hydrogen-bond acceptors (Lipinski definition) is 7. The summed E-state index contributed by atoms with van der Waals surface area (Å²) in [6, 6.07) is 0. The van der Waals surface area contributed by atoms with Gasteiger partial charge >= 0.3 is 17.8 Å². The maximum atomic E-state index is 12.6. The molecule has 0 aromatic carbocycles. The Morgan fingerprint density at radius 2 is 2.00 bits per heavy atom. The van der Waals surface area contributed by atoms with Crippen molar-refractivity contribution in [3.05, 3.63) is 40.4 Å². The number of aliphatic carboxylic acids is 2. The van der Waals surface area contributed by atoms with E-state index in [2.05, 4.69) is 15.6 Å². The molecule has 0 saturated heterocycles. The number of carboxylic acid groups (broad SMARTS) is 2. The summed E-state index contributed by atoms with van der Waals surface area (Å²) < 4.78 is 5.64. The lowest BCUT2D eigenvalue weighted by atomic mass is 9.87. The van der Waals surface area contributed by atoms with Crippen molar-refractivity contribution in [2.45, 2.75) is 11.7 Å². The smallest absolute Gasteiger partial charge is 0.394 e. The van der Waals surface area contributed by atoms with E-state index in [0.29, 0.717) is 11.3 Å². The van der Waals surface area contributed by atoms with Crippen LogP contribution in [0.4, 0.5) is 5.69 Å². The van der Waals surface area contributed by atoms with Gasteiger partial charge in [-0.15, -0.1) is 0 Å². The van der Waals surface area contributed by atoms with Crippen LogP contribution >= 0.6 is 11.8 Å². The van der Waals surface area contributed by atoms with Gasteiger partial charge in [-0.1, -0.05) is 11.8 Å². The zero-order chi connectivity index (χ0) is 21.6. The minimum atomic E-state index is -1.74. The molecule has 2 amide bonds. The molecule has 0 bridgehead atoms. The topological polar surface area (TPSA) is 175 Å². The molecular weight excluding hydrogens is 418 g/mol. The fourth-order valence-corrected chi connectivity index (χ4v) is 4.90. The number of nitrogens with one attached hydrogen (secondary N) is 3. The van der Waals surface area contributed by atoms with Gasteiger partial charge in [0.1, 0.15) is 12.5 Å². The predicted octanol–water partition coefficient (Wildman–Crippen LogP) is 0.298. The minimum absolute atomic E-state index is 0.0487. The van der Waals surface area contributed by atoms with E-state index in [9.17, 15) is 29.1 Å². The van der Waals surface area contributed by atoms with Crippen LogP contribution in [0.3, 0.4) is 0 Å². The number of rotatable bonds is 4. The number of hydrogen-bond donors (Lipinski definition) is 5. The van der Waals surface area contributed by atoms with Gasteiger partial charge in [0.2, 0.25) is 5.91 Å². The number of aromatic amines is 1. The van der Waals surface area contributed by atoms with E-state index in [1.807, 2.05) is 0 Å². The summed E-state index contributed by atoms with van der Waals surface area (Å²) in [4.78, 5) is 61.7. The third-order valence-corrected chi connectivity index (χ3v) is 6.29. The molecule has 4 heterocycles. The molecule has 0 fully saturated rings. The highest BCUT2D eigenvalue weighted by Gasteiger charge is 2.43. The van der Waals surface area contributed by atoms with E-state index in [1.54, 1.807) is 0 Å². The molecule has 11 nitrogen and oxygen atoms in total. The number of H-pyrrole nitrogens is 1. The summed E-state index contributed by atoms with van der Waals surface area (Å²) in [6.07, 6.45) is 4.46. The lowest BCUT2D eigenvalue weighted by Crippen LogP contribution is -2.36. The number of carbonyl (C=O) groups excluding carboxylic acids is 3. The van der Waals surface area contributed by atoms with E-state index < -0.39 is 40.8 Å². The molecule has 5 N–H and O–H groups in total. The first-order valence-electron chi connectivity index (χ1n) is 8.80. The van der Waals surface area contributed by atoms with Gasteiger partial charge in [0.15, 0.2) is 5.78 Å². The maximum absolute atomic E-state index is 12.6. The van der Waals surface area contributed by atoms with E-state index in [0.717, 1.165) is 11.8 Å². The summed E-state index contributed by atoms with van der Waals surface area (Å²) in [5.41, 5.74) is 0.602. The van der Waals surface area contributed by atoms with Gasteiger partial charge in [-0.3, -0.25) is 14.4 Å². The first-order chi connectivity index (χ1) is 14.3. The van der Waals surface area contributed by atoms with Crippen LogP contribution in [0.1, 0.15) is 16.8 Å². The number of thioether (sulfide) groups is 1. The molecule has 0 saturated carbocycles. The lowest BCUT2D eigenvalue weighted by Gasteiger charge is -2.28. The van der Waals surface area contributed by atoms with Crippen molar-refractivity contribution in [1.29, 1.82) is 0 Å². The fourth-order valence-electron chi connectivity index (χ4n) is 3.60. The van der Waals surface area contributed by atoms with E-state index >= 15 is 0 Å². The Morgan fingerprint density at radius 3 is 2.70 bits per heavy atom.